The minimum absolute atomic E-state index is 0.407. The van der Waals surface area contributed by atoms with E-state index in [-0.39, 0.29) is 0 Å². The predicted octanol–water partition coefficient (Wildman–Crippen LogP) is 14.3. The van der Waals surface area contributed by atoms with Crippen molar-refractivity contribution in [2.45, 2.75) is 5.41 Å². The molecule has 0 saturated carbocycles. The Morgan fingerprint density at radius 2 is 1.00 bits per heavy atom. The van der Waals surface area contributed by atoms with Crippen molar-refractivity contribution in [1.29, 1.82) is 0 Å². The predicted molar refractivity (Wildman–Crippen MR) is 224 cm³/mol. The Balaban J connectivity index is 1.13. The number of hydrogen-bond donors (Lipinski definition) is 0. The van der Waals surface area contributed by atoms with Crippen LogP contribution in [0, 0.1) is 0 Å². The first-order chi connectivity index (χ1) is 25.8. The summed E-state index contributed by atoms with van der Waals surface area (Å²) in [5.41, 5.74) is 11.0. The van der Waals surface area contributed by atoms with Crippen LogP contribution in [0.1, 0.15) is 22.3 Å². The van der Waals surface area contributed by atoms with Crippen molar-refractivity contribution < 1.29 is 0 Å². The Morgan fingerprint density at radius 3 is 1.79 bits per heavy atom. The van der Waals surface area contributed by atoms with E-state index in [0.29, 0.717) is 0 Å². The van der Waals surface area contributed by atoms with E-state index in [2.05, 4.69) is 193 Å². The second-order valence-corrected chi connectivity index (χ2v) is 15.8. The van der Waals surface area contributed by atoms with Crippen molar-refractivity contribution in [2.75, 3.05) is 4.90 Å². The molecule has 0 bridgehead atoms. The molecule has 1 aliphatic rings. The van der Waals surface area contributed by atoms with Gasteiger partial charge in [-0.2, -0.15) is 0 Å². The maximum absolute atomic E-state index is 2.47. The first-order valence-corrected chi connectivity index (χ1v) is 19.4. The van der Waals surface area contributed by atoms with Gasteiger partial charge < -0.3 is 4.90 Å². The Kier molecular flexibility index (Phi) is 6.57. The van der Waals surface area contributed by atoms with Crippen molar-refractivity contribution in [3.8, 4) is 11.1 Å². The average Bonchev–Trinajstić information content (AvgIpc) is 3.87. The van der Waals surface area contributed by atoms with Crippen LogP contribution in [0.2, 0.25) is 0 Å². The normalized spacial score (nSPS) is 13.2. The summed E-state index contributed by atoms with van der Waals surface area (Å²) in [4.78, 5) is 2.44. The van der Waals surface area contributed by atoms with Crippen LogP contribution in [0.15, 0.2) is 188 Å². The molecular formula is C49H31NS2. The van der Waals surface area contributed by atoms with Crippen LogP contribution in [0.4, 0.5) is 17.1 Å². The fourth-order valence-corrected chi connectivity index (χ4v) is 11.0. The van der Waals surface area contributed by atoms with Crippen molar-refractivity contribution in [3.63, 3.8) is 0 Å². The fourth-order valence-electron chi connectivity index (χ4n) is 8.80. The number of anilines is 3. The first kappa shape index (κ1) is 29.7. The van der Waals surface area contributed by atoms with Crippen LogP contribution >= 0.6 is 22.7 Å². The van der Waals surface area contributed by atoms with Crippen LogP contribution in [0.25, 0.3) is 51.5 Å². The maximum atomic E-state index is 2.47. The molecule has 0 atom stereocenters. The van der Waals surface area contributed by atoms with Gasteiger partial charge in [0, 0.05) is 51.7 Å². The molecule has 0 saturated heterocycles. The Labute approximate surface area is 310 Å². The molecule has 0 fully saturated rings. The smallest absolute Gasteiger partial charge is 0.0714 e. The summed E-state index contributed by atoms with van der Waals surface area (Å²) in [7, 11) is 0. The van der Waals surface area contributed by atoms with Crippen LogP contribution in [-0.4, -0.2) is 0 Å². The zero-order valence-corrected chi connectivity index (χ0v) is 29.8. The van der Waals surface area contributed by atoms with E-state index >= 15 is 0 Å². The van der Waals surface area contributed by atoms with Gasteiger partial charge in [-0.3, -0.25) is 0 Å². The molecule has 0 unspecified atom stereocenters. The van der Waals surface area contributed by atoms with Crippen LogP contribution < -0.4 is 4.90 Å². The standard InChI is InChI=1S/C49H31NS2/c1-3-14-32(15-4-1)49(41-21-10-7-18-36(41)37-19-8-11-22-42(37)49)33-26-28-38-40-31-35(27-29-45(40)52-47(38)30-33)50(34-16-5-2-6-17-34)43-23-13-25-46-48(43)39-20-9-12-24-44(39)51-46/h1-31H. The van der Waals surface area contributed by atoms with Crippen LogP contribution in [0.3, 0.4) is 0 Å². The van der Waals surface area contributed by atoms with E-state index in [4.69, 9.17) is 0 Å². The summed E-state index contributed by atoms with van der Waals surface area (Å²) in [5, 5.41) is 5.18. The fraction of sp³-hybridized carbons (Fsp3) is 0.0204. The summed E-state index contributed by atoms with van der Waals surface area (Å²) < 4.78 is 5.22. The highest BCUT2D eigenvalue weighted by molar-refractivity contribution is 7.26. The van der Waals surface area contributed by atoms with Crippen molar-refractivity contribution in [3.05, 3.63) is 210 Å². The molecule has 2 aromatic heterocycles. The Morgan fingerprint density at radius 1 is 0.365 bits per heavy atom. The first-order valence-electron chi connectivity index (χ1n) is 17.8. The number of hydrogen-bond acceptors (Lipinski definition) is 3. The Bertz CT molecular complexity index is 2930. The van der Waals surface area contributed by atoms with E-state index in [0.717, 1.165) is 11.4 Å². The zero-order valence-electron chi connectivity index (χ0n) is 28.2. The number of fused-ring (bicyclic) bond motifs is 9. The van der Waals surface area contributed by atoms with Gasteiger partial charge in [0.05, 0.1) is 11.1 Å². The lowest BCUT2D eigenvalue weighted by molar-refractivity contribution is 0.770. The Hall–Kier alpha value is -6.00. The maximum Gasteiger partial charge on any atom is 0.0714 e. The van der Waals surface area contributed by atoms with Gasteiger partial charge in [-0.25, -0.2) is 0 Å². The molecule has 0 N–H and O–H groups in total. The summed E-state index contributed by atoms with van der Waals surface area (Å²) >= 11 is 3.76. The molecule has 0 radical (unpaired) electrons. The van der Waals surface area contributed by atoms with Crippen LogP contribution in [0.5, 0.6) is 0 Å². The van der Waals surface area contributed by atoms with E-state index in [1.165, 1.54) is 79.4 Å². The van der Waals surface area contributed by atoms with Gasteiger partial charge in [0.2, 0.25) is 0 Å². The summed E-state index contributed by atoms with van der Waals surface area (Å²) in [5.74, 6) is 0. The van der Waals surface area contributed by atoms with E-state index in [9.17, 15) is 0 Å². The SMILES string of the molecule is c1ccc(N(c2ccc3sc4cc(C5(c6ccccc6)c6ccccc6-c6ccccc65)ccc4c3c2)c2cccc3sc4ccccc4c23)cc1. The quantitative estimate of drug-likeness (QED) is 0.173. The number of benzene rings is 8. The third-order valence-electron chi connectivity index (χ3n) is 10.9. The lowest BCUT2D eigenvalue weighted by atomic mass is 9.67. The van der Waals surface area contributed by atoms with Gasteiger partial charge in [-0.15, -0.1) is 22.7 Å². The molecule has 10 aromatic rings. The molecule has 0 amide bonds. The van der Waals surface area contributed by atoms with Gasteiger partial charge in [-0.1, -0.05) is 133 Å². The topological polar surface area (TPSA) is 3.24 Å². The number of thiophene rings is 2. The molecule has 244 valence electrons. The second kappa shape index (κ2) is 11.5. The van der Waals surface area contributed by atoms with Gasteiger partial charge >= 0.3 is 0 Å². The van der Waals surface area contributed by atoms with E-state index in [1.54, 1.807) is 0 Å². The van der Waals surface area contributed by atoms with Gasteiger partial charge in [0.1, 0.15) is 0 Å². The largest absolute Gasteiger partial charge is 0.310 e. The third-order valence-corrected chi connectivity index (χ3v) is 13.2. The lowest BCUT2D eigenvalue weighted by Gasteiger charge is -2.33. The average molecular weight is 698 g/mol. The molecule has 2 heterocycles. The highest BCUT2D eigenvalue weighted by Crippen LogP contribution is 2.57. The number of nitrogens with zero attached hydrogens (tertiary/aromatic N) is 1. The minimum Gasteiger partial charge on any atom is -0.310 e. The molecule has 8 aromatic carbocycles. The van der Waals surface area contributed by atoms with Gasteiger partial charge in [0.15, 0.2) is 0 Å². The molecule has 0 aliphatic heterocycles. The zero-order chi connectivity index (χ0) is 34.2. The third kappa shape index (κ3) is 4.21. The lowest BCUT2D eigenvalue weighted by Crippen LogP contribution is -2.28. The van der Waals surface area contributed by atoms with E-state index in [1.807, 2.05) is 22.7 Å². The molecule has 1 aliphatic carbocycles. The van der Waals surface area contributed by atoms with E-state index < -0.39 is 5.41 Å². The highest BCUT2D eigenvalue weighted by atomic mass is 32.1. The molecular weight excluding hydrogens is 667 g/mol. The van der Waals surface area contributed by atoms with Crippen molar-refractivity contribution in [2.24, 2.45) is 0 Å². The van der Waals surface area contributed by atoms with Crippen molar-refractivity contribution in [1.82, 2.24) is 0 Å². The summed E-state index contributed by atoms with van der Waals surface area (Å²) in [6.07, 6.45) is 0. The molecule has 0 spiro atoms. The van der Waals surface area contributed by atoms with Crippen LogP contribution in [-0.2, 0) is 5.41 Å². The molecule has 11 rings (SSSR count). The monoisotopic (exact) mass is 697 g/mol. The number of para-hydroxylation sites is 1. The molecule has 3 heteroatoms. The minimum atomic E-state index is -0.407. The molecule has 1 nitrogen and oxygen atoms in total. The van der Waals surface area contributed by atoms with Gasteiger partial charge in [-0.05, 0) is 88.0 Å². The second-order valence-electron chi connectivity index (χ2n) is 13.6. The molecule has 52 heavy (non-hydrogen) atoms. The number of rotatable bonds is 5. The highest BCUT2D eigenvalue weighted by Gasteiger charge is 2.45. The summed E-state index contributed by atoms with van der Waals surface area (Å²) in [6.45, 7) is 0. The van der Waals surface area contributed by atoms with Gasteiger partial charge in [0.25, 0.3) is 0 Å². The van der Waals surface area contributed by atoms with Crippen molar-refractivity contribution >= 4 is 80.1 Å². The summed E-state index contributed by atoms with van der Waals surface area (Å²) in [6, 6.07) is 69.6.